The van der Waals surface area contributed by atoms with Crippen LogP contribution in [0, 0.1) is 11.8 Å². The molecule has 0 aromatic heterocycles. The summed E-state index contributed by atoms with van der Waals surface area (Å²) < 4.78 is 17.4. The maximum atomic E-state index is 11.4. The van der Waals surface area contributed by atoms with Gasteiger partial charge in [0.25, 0.3) is 0 Å². The van der Waals surface area contributed by atoms with E-state index < -0.39 is 6.29 Å². The van der Waals surface area contributed by atoms with Crippen LogP contribution in [0.2, 0.25) is 0 Å². The normalized spacial score (nSPS) is 34.2. The first-order valence-electron chi connectivity index (χ1n) is 7.52. The minimum absolute atomic E-state index is 0.00120. The summed E-state index contributed by atoms with van der Waals surface area (Å²) in [6.07, 6.45) is -0.376. The Morgan fingerprint density at radius 1 is 1.30 bits per heavy atom. The molecule has 0 aromatic carbocycles. The predicted octanol–water partition coefficient (Wildman–Crippen LogP) is 1.95. The summed E-state index contributed by atoms with van der Waals surface area (Å²) >= 11 is 0. The zero-order chi connectivity index (χ0) is 15.3. The molecule has 2 unspecified atom stereocenters. The molecule has 0 radical (unpaired) electrons. The Bertz CT molecular complexity index is 308. The molecule has 118 valence electrons. The van der Waals surface area contributed by atoms with Gasteiger partial charge in [0, 0.05) is 13.5 Å². The average molecular weight is 287 g/mol. The summed E-state index contributed by atoms with van der Waals surface area (Å²) in [6, 6.07) is -0.122. The molecule has 20 heavy (non-hydrogen) atoms. The second-order valence-electron chi connectivity index (χ2n) is 5.83. The van der Waals surface area contributed by atoms with Crippen molar-refractivity contribution in [2.24, 2.45) is 11.8 Å². The van der Waals surface area contributed by atoms with Crippen LogP contribution in [0.1, 0.15) is 41.5 Å². The van der Waals surface area contributed by atoms with E-state index in [1.54, 1.807) is 0 Å². The molecule has 1 fully saturated rings. The third kappa shape index (κ3) is 4.72. The van der Waals surface area contributed by atoms with Gasteiger partial charge in [-0.2, -0.15) is 0 Å². The predicted molar refractivity (Wildman–Crippen MR) is 77.3 cm³/mol. The van der Waals surface area contributed by atoms with Crippen molar-refractivity contribution >= 4 is 5.91 Å². The van der Waals surface area contributed by atoms with Gasteiger partial charge >= 0.3 is 0 Å². The van der Waals surface area contributed by atoms with Crippen molar-refractivity contribution in [1.82, 2.24) is 5.32 Å². The van der Waals surface area contributed by atoms with Gasteiger partial charge in [-0.25, -0.2) is 0 Å². The Morgan fingerprint density at radius 2 is 1.95 bits per heavy atom. The largest absolute Gasteiger partial charge is 0.379 e. The first-order chi connectivity index (χ1) is 9.36. The molecule has 0 aromatic rings. The lowest BCUT2D eigenvalue weighted by Crippen LogP contribution is -2.58. The zero-order valence-electron chi connectivity index (χ0n) is 13.5. The van der Waals surface area contributed by atoms with Crippen molar-refractivity contribution in [2.75, 3.05) is 13.2 Å². The van der Waals surface area contributed by atoms with E-state index in [4.69, 9.17) is 14.2 Å². The van der Waals surface area contributed by atoms with E-state index in [2.05, 4.69) is 19.2 Å². The van der Waals surface area contributed by atoms with E-state index in [1.807, 2.05) is 20.8 Å². The molecule has 1 heterocycles. The Hall–Kier alpha value is -0.650. The summed E-state index contributed by atoms with van der Waals surface area (Å²) in [5, 5.41) is 2.96. The van der Waals surface area contributed by atoms with Crippen LogP contribution < -0.4 is 5.32 Å². The minimum Gasteiger partial charge on any atom is -0.379 e. The number of nitrogens with one attached hydrogen (secondary N) is 1. The van der Waals surface area contributed by atoms with E-state index in [9.17, 15) is 4.79 Å². The van der Waals surface area contributed by atoms with Crippen LogP contribution in [-0.4, -0.2) is 43.7 Å². The van der Waals surface area contributed by atoms with Crippen LogP contribution in [0.25, 0.3) is 0 Å². The third-order valence-electron chi connectivity index (χ3n) is 3.85. The molecule has 0 spiro atoms. The van der Waals surface area contributed by atoms with Gasteiger partial charge in [-0.15, -0.1) is 0 Å². The van der Waals surface area contributed by atoms with Crippen LogP contribution in [0.3, 0.4) is 0 Å². The monoisotopic (exact) mass is 287 g/mol. The summed E-state index contributed by atoms with van der Waals surface area (Å²) in [4.78, 5) is 11.4. The molecule has 1 saturated heterocycles. The summed E-state index contributed by atoms with van der Waals surface area (Å²) in [6.45, 7) is 12.9. The van der Waals surface area contributed by atoms with Crippen molar-refractivity contribution in [1.29, 1.82) is 0 Å². The van der Waals surface area contributed by atoms with Crippen LogP contribution in [0.5, 0.6) is 0 Å². The lowest BCUT2D eigenvalue weighted by atomic mass is 9.82. The van der Waals surface area contributed by atoms with Gasteiger partial charge in [-0.1, -0.05) is 13.8 Å². The highest BCUT2D eigenvalue weighted by molar-refractivity contribution is 5.73. The molecule has 5 heteroatoms. The molecular weight excluding hydrogens is 258 g/mol. The molecule has 1 amide bonds. The highest BCUT2D eigenvalue weighted by atomic mass is 16.7. The first kappa shape index (κ1) is 17.4. The maximum Gasteiger partial charge on any atom is 0.217 e. The average Bonchev–Trinajstić information content (AvgIpc) is 2.35. The highest BCUT2D eigenvalue weighted by Crippen LogP contribution is 2.32. The molecule has 0 saturated carbocycles. The molecule has 1 aliphatic rings. The van der Waals surface area contributed by atoms with Gasteiger partial charge in [0.2, 0.25) is 5.91 Å². The number of carbonyl (C=O) groups is 1. The van der Waals surface area contributed by atoms with E-state index in [-0.39, 0.29) is 30.1 Å². The van der Waals surface area contributed by atoms with E-state index in [0.717, 1.165) is 0 Å². The molecule has 1 rings (SSSR count). The van der Waals surface area contributed by atoms with Crippen molar-refractivity contribution in [3.05, 3.63) is 0 Å². The van der Waals surface area contributed by atoms with Gasteiger partial charge < -0.3 is 19.5 Å². The molecule has 0 bridgehead atoms. The van der Waals surface area contributed by atoms with Crippen molar-refractivity contribution in [3.63, 3.8) is 0 Å². The lowest BCUT2D eigenvalue weighted by molar-refractivity contribution is -0.255. The van der Waals surface area contributed by atoms with E-state index in [1.165, 1.54) is 6.92 Å². The van der Waals surface area contributed by atoms with E-state index >= 15 is 0 Å². The fourth-order valence-corrected chi connectivity index (χ4v) is 2.54. The zero-order valence-corrected chi connectivity index (χ0v) is 13.5. The second-order valence-corrected chi connectivity index (χ2v) is 5.83. The Kier molecular flexibility index (Phi) is 6.92. The first-order valence-corrected chi connectivity index (χ1v) is 7.52. The number of rotatable bonds is 6. The highest BCUT2D eigenvalue weighted by Gasteiger charge is 2.42. The number of ether oxygens (including phenoxy) is 3. The van der Waals surface area contributed by atoms with Crippen molar-refractivity contribution in [3.8, 4) is 0 Å². The summed E-state index contributed by atoms with van der Waals surface area (Å²) in [5.74, 6) is 0.505. The second kappa shape index (κ2) is 7.96. The van der Waals surface area contributed by atoms with Crippen LogP contribution >= 0.6 is 0 Å². The van der Waals surface area contributed by atoms with Crippen LogP contribution in [0.15, 0.2) is 0 Å². The van der Waals surface area contributed by atoms with Gasteiger partial charge in [-0.3, -0.25) is 4.79 Å². The molecule has 1 aliphatic heterocycles. The summed E-state index contributed by atoms with van der Waals surface area (Å²) in [7, 11) is 0. The molecular formula is C15H29NO4. The molecule has 1 N–H and O–H groups in total. The maximum absolute atomic E-state index is 11.4. The number of carbonyl (C=O) groups excluding carboxylic acids is 1. The van der Waals surface area contributed by atoms with Gasteiger partial charge in [-0.05, 0) is 32.6 Å². The lowest BCUT2D eigenvalue weighted by Gasteiger charge is -2.45. The van der Waals surface area contributed by atoms with E-state index in [0.29, 0.717) is 19.1 Å². The molecule has 5 nitrogen and oxygen atoms in total. The molecule has 0 aliphatic carbocycles. The van der Waals surface area contributed by atoms with Gasteiger partial charge in [0.05, 0.1) is 24.9 Å². The van der Waals surface area contributed by atoms with Gasteiger partial charge in [0.1, 0.15) is 0 Å². The Morgan fingerprint density at radius 3 is 2.45 bits per heavy atom. The number of hydrogen-bond acceptors (Lipinski definition) is 4. The fraction of sp³-hybridized carbons (Fsp3) is 0.933. The smallest absolute Gasteiger partial charge is 0.217 e. The van der Waals surface area contributed by atoms with Crippen molar-refractivity contribution in [2.45, 2.75) is 66.1 Å². The quantitative estimate of drug-likeness (QED) is 0.811. The summed E-state index contributed by atoms with van der Waals surface area (Å²) in [5.41, 5.74) is 0. The number of hydrogen-bond donors (Lipinski definition) is 1. The van der Waals surface area contributed by atoms with Crippen LogP contribution in [0.4, 0.5) is 0 Å². The topological polar surface area (TPSA) is 56.8 Å². The SMILES string of the molecule is CCOCC1O[C@H](OC(C)C)C(NC(C)=O)[C@@H](C)[C@@H]1C. The molecule has 5 atom stereocenters. The fourth-order valence-electron chi connectivity index (χ4n) is 2.54. The van der Waals surface area contributed by atoms with Gasteiger partial charge in [0.15, 0.2) is 6.29 Å². The minimum atomic E-state index is -0.421. The Labute approximate surface area is 122 Å². The Balaban J connectivity index is 2.80. The standard InChI is InChI=1S/C15H29NO4/c1-7-18-8-13-10(4)11(5)14(16-12(6)17)15(20-13)19-9(2)3/h9-11,13-15H,7-8H2,1-6H3,(H,16,17)/t10-,11-,13?,14?,15-/m0/s1. The van der Waals surface area contributed by atoms with Crippen molar-refractivity contribution < 1.29 is 19.0 Å². The number of amides is 1. The third-order valence-corrected chi connectivity index (χ3v) is 3.85. The van der Waals surface area contributed by atoms with Crippen LogP contribution in [-0.2, 0) is 19.0 Å².